The number of esters is 2. The summed E-state index contributed by atoms with van der Waals surface area (Å²) in [5.41, 5.74) is 1.26. The first kappa shape index (κ1) is 18.3. The molecule has 2 aromatic carbocycles. The summed E-state index contributed by atoms with van der Waals surface area (Å²) in [5, 5.41) is 0. The van der Waals surface area contributed by atoms with Crippen LogP contribution in [0.25, 0.3) is 0 Å². The van der Waals surface area contributed by atoms with Crippen LogP contribution in [-0.2, 0) is 20.9 Å². The number of hydrogen-bond acceptors (Lipinski definition) is 6. The molecule has 0 saturated heterocycles. The van der Waals surface area contributed by atoms with Crippen LogP contribution in [0, 0.1) is 0 Å². The molecule has 6 nitrogen and oxygen atoms in total. The van der Waals surface area contributed by atoms with Crippen molar-refractivity contribution in [2.45, 2.75) is 19.6 Å². The van der Waals surface area contributed by atoms with E-state index in [0.29, 0.717) is 18.1 Å². The molecule has 0 aliphatic carbocycles. The molecule has 0 radical (unpaired) electrons. The number of benzene rings is 2. The van der Waals surface area contributed by atoms with Crippen molar-refractivity contribution in [3.05, 3.63) is 59.7 Å². The minimum atomic E-state index is -0.988. The third kappa shape index (κ3) is 4.97. The number of methoxy groups -OCH3 is 2. The maximum absolute atomic E-state index is 12.1. The fourth-order valence-electron chi connectivity index (χ4n) is 2.09. The molecule has 0 saturated carbocycles. The first-order valence-electron chi connectivity index (χ1n) is 7.68. The lowest BCUT2D eigenvalue weighted by Crippen LogP contribution is -2.25. The van der Waals surface area contributed by atoms with Gasteiger partial charge in [0.25, 0.3) is 0 Å². The molecule has 0 aliphatic heterocycles. The monoisotopic (exact) mass is 344 g/mol. The zero-order valence-corrected chi connectivity index (χ0v) is 14.4. The Hall–Kier alpha value is -3.02. The molecule has 1 atom stereocenters. The zero-order chi connectivity index (χ0) is 18.2. The summed E-state index contributed by atoms with van der Waals surface area (Å²) < 4.78 is 20.6. The molecule has 0 amide bonds. The fourth-order valence-corrected chi connectivity index (χ4v) is 2.09. The molecule has 0 spiro atoms. The summed E-state index contributed by atoms with van der Waals surface area (Å²) in [6, 6.07) is 14.4. The van der Waals surface area contributed by atoms with E-state index in [2.05, 4.69) is 4.74 Å². The molecule has 132 valence electrons. The Morgan fingerprint density at radius 1 is 1.00 bits per heavy atom. The van der Waals surface area contributed by atoms with Crippen LogP contribution < -0.4 is 9.47 Å². The maximum atomic E-state index is 12.1. The summed E-state index contributed by atoms with van der Waals surface area (Å²) in [7, 11) is 2.71. The van der Waals surface area contributed by atoms with Gasteiger partial charge in [-0.05, 0) is 30.7 Å². The normalized spacial score (nSPS) is 11.3. The van der Waals surface area contributed by atoms with Gasteiger partial charge in [0, 0.05) is 0 Å². The smallest absolute Gasteiger partial charge is 0.346 e. The SMILES string of the molecule is COC(=O)[C@H](C)OC(=O)c1ccc(OCc2ccccc2)c(OC)c1. The molecule has 0 bridgehead atoms. The number of rotatable bonds is 7. The van der Waals surface area contributed by atoms with E-state index in [1.165, 1.54) is 27.2 Å². The highest BCUT2D eigenvalue weighted by atomic mass is 16.6. The topological polar surface area (TPSA) is 71.1 Å². The van der Waals surface area contributed by atoms with Gasteiger partial charge >= 0.3 is 11.9 Å². The van der Waals surface area contributed by atoms with Crippen LogP contribution in [0.15, 0.2) is 48.5 Å². The van der Waals surface area contributed by atoms with Crippen molar-refractivity contribution in [3.63, 3.8) is 0 Å². The minimum absolute atomic E-state index is 0.250. The van der Waals surface area contributed by atoms with Crippen molar-refractivity contribution in [2.24, 2.45) is 0 Å². The van der Waals surface area contributed by atoms with Gasteiger partial charge < -0.3 is 18.9 Å². The Balaban J connectivity index is 2.07. The third-order valence-electron chi connectivity index (χ3n) is 3.45. The molecular formula is C19H20O6. The molecule has 0 unspecified atom stereocenters. The largest absolute Gasteiger partial charge is 0.493 e. The van der Waals surface area contributed by atoms with Crippen LogP contribution in [0.4, 0.5) is 0 Å². The Morgan fingerprint density at radius 3 is 2.36 bits per heavy atom. The van der Waals surface area contributed by atoms with E-state index >= 15 is 0 Å². The van der Waals surface area contributed by atoms with E-state index in [9.17, 15) is 9.59 Å². The quantitative estimate of drug-likeness (QED) is 0.719. The molecule has 25 heavy (non-hydrogen) atoms. The molecular weight excluding hydrogens is 324 g/mol. The van der Waals surface area contributed by atoms with E-state index in [0.717, 1.165) is 5.56 Å². The van der Waals surface area contributed by atoms with Gasteiger partial charge in [-0.15, -0.1) is 0 Å². The van der Waals surface area contributed by atoms with E-state index in [1.807, 2.05) is 30.3 Å². The predicted octanol–water partition coefficient (Wildman–Crippen LogP) is 2.99. The average molecular weight is 344 g/mol. The van der Waals surface area contributed by atoms with Crippen molar-refractivity contribution in [1.82, 2.24) is 0 Å². The molecule has 0 fully saturated rings. The molecule has 0 heterocycles. The second-order valence-corrected chi connectivity index (χ2v) is 5.21. The van der Waals surface area contributed by atoms with E-state index in [-0.39, 0.29) is 5.56 Å². The molecule has 2 rings (SSSR count). The van der Waals surface area contributed by atoms with Gasteiger partial charge in [0.05, 0.1) is 19.8 Å². The maximum Gasteiger partial charge on any atom is 0.346 e. The van der Waals surface area contributed by atoms with E-state index in [1.54, 1.807) is 12.1 Å². The Kier molecular flexibility index (Phi) is 6.39. The molecule has 2 aromatic rings. The third-order valence-corrected chi connectivity index (χ3v) is 3.45. The highest BCUT2D eigenvalue weighted by Gasteiger charge is 2.20. The van der Waals surface area contributed by atoms with Crippen molar-refractivity contribution < 1.29 is 28.5 Å². The van der Waals surface area contributed by atoms with Crippen LogP contribution in [0.1, 0.15) is 22.8 Å². The average Bonchev–Trinajstić information content (AvgIpc) is 2.66. The standard InChI is InChI=1S/C19H20O6/c1-13(18(20)23-3)25-19(21)15-9-10-16(17(11-15)22-2)24-12-14-7-5-4-6-8-14/h4-11,13H,12H2,1-3H3/t13-/m0/s1. The summed E-state index contributed by atoms with van der Waals surface area (Å²) >= 11 is 0. The molecule has 0 N–H and O–H groups in total. The number of carbonyl (C=O) groups is 2. The second-order valence-electron chi connectivity index (χ2n) is 5.21. The summed E-state index contributed by atoms with van der Waals surface area (Å²) in [6.07, 6.45) is -0.988. The fraction of sp³-hybridized carbons (Fsp3) is 0.263. The van der Waals surface area contributed by atoms with Crippen LogP contribution in [-0.4, -0.2) is 32.3 Å². The second kappa shape index (κ2) is 8.73. The number of hydrogen-bond donors (Lipinski definition) is 0. The Bertz CT molecular complexity index is 726. The highest BCUT2D eigenvalue weighted by Crippen LogP contribution is 2.29. The van der Waals surface area contributed by atoms with Crippen molar-refractivity contribution in [3.8, 4) is 11.5 Å². The van der Waals surface area contributed by atoms with E-state index in [4.69, 9.17) is 14.2 Å². The minimum Gasteiger partial charge on any atom is -0.493 e. The number of carbonyl (C=O) groups excluding carboxylic acids is 2. The lowest BCUT2D eigenvalue weighted by molar-refractivity contribution is -0.149. The predicted molar refractivity (Wildman–Crippen MR) is 90.7 cm³/mol. The van der Waals surface area contributed by atoms with Crippen LogP contribution in [0.3, 0.4) is 0 Å². The first-order chi connectivity index (χ1) is 12.0. The highest BCUT2D eigenvalue weighted by molar-refractivity contribution is 5.92. The van der Waals surface area contributed by atoms with Gasteiger partial charge in [-0.3, -0.25) is 0 Å². The molecule has 0 aromatic heterocycles. The summed E-state index contributed by atoms with van der Waals surface area (Å²) in [4.78, 5) is 23.4. The van der Waals surface area contributed by atoms with Gasteiger partial charge in [0.15, 0.2) is 17.6 Å². The molecule has 6 heteroatoms. The van der Waals surface area contributed by atoms with E-state index < -0.39 is 18.0 Å². The summed E-state index contributed by atoms with van der Waals surface area (Å²) in [5.74, 6) is -0.367. The Morgan fingerprint density at radius 2 is 1.72 bits per heavy atom. The van der Waals surface area contributed by atoms with Crippen molar-refractivity contribution in [1.29, 1.82) is 0 Å². The van der Waals surface area contributed by atoms with Crippen molar-refractivity contribution in [2.75, 3.05) is 14.2 Å². The van der Waals surface area contributed by atoms with Gasteiger partial charge in [-0.25, -0.2) is 9.59 Å². The van der Waals surface area contributed by atoms with Crippen LogP contribution >= 0.6 is 0 Å². The summed E-state index contributed by atoms with van der Waals surface area (Å²) in [6.45, 7) is 1.82. The Labute approximate surface area is 146 Å². The van der Waals surface area contributed by atoms with Gasteiger partial charge in [0.2, 0.25) is 0 Å². The van der Waals surface area contributed by atoms with Crippen LogP contribution in [0.2, 0.25) is 0 Å². The van der Waals surface area contributed by atoms with Crippen molar-refractivity contribution >= 4 is 11.9 Å². The number of ether oxygens (including phenoxy) is 4. The van der Waals surface area contributed by atoms with Gasteiger partial charge in [-0.1, -0.05) is 30.3 Å². The lowest BCUT2D eigenvalue weighted by atomic mass is 10.2. The van der Waals surface area contributed by atoms with Crippen LogP contribution in [0.5, 0.6) is 11.5 Å². The van der Waals surface area contributed by atoms with Gasteiger partial charge in [0.1, 0.15) is 6.61 Å². The lowest BCUT2D eigenvalue weighted by Gasteiger charge is -2.14. The first-order valence-corrected chi connectivity index (χ1v) is 7.68. The van der Waals surface area contributed by atoms with Gasteiger partial charge in [-0.2, -0.15) is 0 Å². The zero-order valence-electron chi connectivity index (χ0n) is 14.4. The molecule has 0 aliphatic rings.